The van der Waals surface area contributed by atoms with Gasteiger partial charge in [0.2, 0.25) is 0 Å². The first-order valence-corrected chi connectivity index (χ1v) is 6.47. The fourth-order valence-corrected chi connectivity index (χ4v) is 2.23. The van der Waals surface area contributed by atoms with Crippen molar-refractivity contribution in [3.05, 3.63) is 40.5 Å². The van der Waals surface area contributed by atoms with E-state index in [0.29, 0.717) is 0 Å². The predicted molar refractivity (Wildman–Crippen MR) is 69.8 cm³/mol. The molecule has 4 nitrogen and oxygen atoms in total. The highest BCUT2D eigenvalue weighted by molar-refractivity contribution is 9.10. The van der Waals surface area contributed by atoms with E-state index < -0.39 is 0 Å². The maximum atomic E-state index is 5.55. The highest BCUT2D eigenvalue weighted by atomic mass is 79.9. The van der Waals surface area contributed by atoms with Crippen LogP contribution in [0.3, 0.4) is 0 Å². The Morgan fingerprint density at radius 2 is 2.35 bits per heavy atom. The summed E-state index contributed by atoms with van der Waals surface area (Å²) in [5, 5.41) is 7.68. The minimum absolute atomic E-state index is 0.0341. The first-order chi connectivity index (χ1) is 8.24. The summed E-state index contributed by atoms with van der Waals surface area (Å²) in [7, 11) is 1.94. The standard InChI is InChI=1S/C12H16BrN3O/c1-3-6-14-11(10-4-7-15-16(10)2)12-9(13)5-8-17-12/h4-5,7-8,11,14H,3,6H2,1-2H3. The van der Waals surface area contributed by atoms with Gasteiger partial charge in [-0.25, -0.2) is 0 Å². The molecule has 1 unspecified atom stereocenters. The molecule has 0 aliphatic carbocycles. The predicted octanol–water partition coefficient (Wildman–Crippen LogP) is 2.86. The zero-order valence-corrected chi connectivity index (χ0v) is 11.6. The molecular weight excluding hydrogens is 282 g/mol. The first kappa shape index (κ1) is 12.4. The summed E-state index contributed by atoms with van der Waals surface area (Å²) in [6.45, 7) is 3.08. The molecule has 0 saturated heterocycles. The summed E-state index contributed by atoms with van der Waals surface area (Å²) in [5.41, 5.74) is 1.09. The van der Waals surface area contributed by atoms with Crippen LogP contribution in [0, 0.1) is 0 Å². The second-order valence-electron chi connectivity index (χ2n) is 3.90. The quantitative estimate of drug-likeness (QED) is 0.923. The smallest absolute Gasteiger partial charge is 0.140 e. The van der Waals surface area contributed by atoms with Gasteiger partial charge in [0, 0.05) is 13.2 Å². The Hall–Kier alpha value is -1.07. The van der Waals surface area contributed by atoms with Gasteiger partial charge < -0.3 is 9.73 Å². The molecular formula is C12H16BrN3O. The Kier molecular flexibility index (Phi) is 4.02. The molecule has 0 radical (unpaired) electrons. The van der Waals surface area contributed by atoms with E-state index in [2.05, 4.69) is 33.3 Å². The van der Waals surface area contributed by atoms with Gasteiger partial charge in [0.1, 0.15) is 11.8 Å². The van der Waals surface area contributed by atoms with E-state index in [4.69, 9.17) is 4.42 Å². The van der Waals surface area contributed by atoms with E-state index in [1.54, 1.807) is 12.5 Å². The van der Waals surface area contributed by atoms with Crippen LogP contribution in [0.2, 0.25) is 0 Å². The third-order valence-electron chi connectivity index (χ3n) is 2.66. The van der Waals surface area contributed by atoms with Crippen LogP contribution >= 0.6 is 15.9 Å². The van der Waals surface area contributed by atoms with E-state index >= 15 is 0 Å². The Balaban J connectivity index is 2.32. The van der Waals surface area contributed by atoms with Crippen LogP contribution < -0.4 is 5.32 Å². The van der Waals surface area contributed by atoms with Gasteiger partial charge in [0.25, 0.3) is 0 Å². The number of furan rings is 1. The SMILES string of the molecule is CCCNC(c1occc1Br)c1ccnn1C. The molecule has 0 bridgehead atoms. The second-order valence-corrected chi connectivity index (χ2v) is 4.75. The molecule has 92 valence electrons. The zero-order valence-electron chi connectivity index (χ0n) is 9.98. The molecule has 0 aromatic carbocycles. The summed E-state index contributed by atoms with van der Waals surface area (Å²) in [6, 6.07) is 3.95. The van der Waals surface area contributed by atoms with Crippen molar-refractivity contribution in [1.82, 2.24) is 15.1 Å². The number of nitrogens with one attached hydrogen (secondary N) is 1. The molecule has 0 fully saturated rings. The minimum atomic E-state index is 0.0341. The Labute approximate surface area is 109 Å². The zero-order chi connectivity index (χ0) is 12.3. The van der Waals surface area contributed by atoms with Gasteiger partial charge in [-0.3, -0.25) is 4.68 Å². The summed E-state index contributed by atoms with van der Waals surface area (Å²) >= 11 is 3.51. The minimum Gasteiger partial charge on any atom is -0.466 e. The molecule has 5 heteroatoms. The van der Waals surface area contributed by atoms with Crippen molar-refractivity contribution in [1.29, 1.82) is 0 Å². The molecule has 1 atom stereocenters. The van der Waals surface area contributed by atoms with Crippen molar-refractivity contribution < 1.29 is 4.42 Å². The number of aromatic nitrogens is 2. The molecule has 0 aliphatic rings. The maximum Gasteiger partial charge on any atom is 0.140 e. The number of aryl methyl sites for hydroxylation is 1. The molecule has 17 heavy (non-hydrogen) atoms. The normalized spacial score (nSPS) is 12.9. The number of hydrogen-bond donors (Lipinski definition) is 1. The topological polar surface area (TPSA) is 43.0 Å². The van der Waals surface area contributed by atoms with E-state index in [-0.39, 0.29) is 6.04 Å². The average Bonchev–Trinajstić information content (AvgIpc) is 2.90. The van der Waals surface area contributed by atoms with Crippen LogP contribution in [-0.2, 0) is 7.05 Å². The van der Waals surface area contributed by atoms with Crippen molar-refractivity contribution in [2.24, 2.45) is 7.05 Å². The largest absolute Gasteiger partial charge is 0.466 e. The molecule has 2 heterocycles. The second kappa shape index (κ2) is 5.51. The number of halogens is 1. The molecule has 2 aromatic heterocycles. The van der Waals surface area contributed by atoms with Crippen LogP contribution in [0.1, 0.15) is 30.8 Å². The van der Waals surface area contributed by atoms with E-state index in [1.807, 2.05) is 23.9 Å². The fraction of sp³-hybridized carbons (Fsp3) is 0.417. The molecule has 1 N–H and O–H groups in total. The maximum absolute atomic E-state index is 5.55. The lowest BCUT2D eigenvalue weighted by Crippen LogP contribution is -2.25. The summed E-state index contributed by atoms with van der Waals surface area (Å²) in [6.07, 6.45) is 4.57. The van der Waals surface area contributed by atoms with Crippen molar-refractivity contribution in [2.75, 3.05) is 6.54 Å². The van der Waals surface area contributed by atoms with Crippen LogP contribution in [0.4, 0.5) is 0 Å². The summed E-state index contributed by atoms with van der Waals surface area (Å²) in [4.78, 5) is 0. The van der Waals surface area contributed by atoms with Crippen molar-refractivity contribution >= 4 is 15.9 Å². The monoisotopic (exact) mass is 297 g/mol. The molecule has 0 saturated carbocycles. The molecule has 0 aliphatic heterocycles. The van der Waals surface area contributed by atoms with Crippen LogP contribution in [0.25, 0.3) is 0 Å². The van der Waals surface area contributed by atoms with Gasteiger partial charge in [0.05, 0.1) is 16.4 Å². The lowest BCUT2D eigenvalue weighted by Gasteiger charge is -2.17. The number of rotatable bonds is 5. The van der Waals surface area contributed by atoms with Gasteiger partial charge in [-0.2, -0.15) is 5.10 Å². The highest BCUT2D eigenvalue weighted by Crippen LogP contribution is 2.29. The number of hydrogen-bond acceptors (Lipinski definition) is 3. The molecule has 0 amide bonds. The third kappa shape index (κ3) is 2.61. The first-order valence-electron chi connectivity index (χ1n) is 5.68. The number of nitrogens with zero attached hydrogens (tertiary/aromatic N) is 2. The van der Waals surface area contributed by atoms with Crippen LogP contribution in [-0.4, -0.2) is 16.3 Å². The van der Waals surface area contributed by atoms with Crippen molar-refractivity contribution in [2.45, 2.75) is 19.4 Å². The summed E-state index contributed by atoms with van der Waals surface area (Å²) in [5.74, 6) is 0.891. The van der Waals surface area contributed by atoms with E-state index in [1.165, 1.54) is 0 Å². The van der Waals surface area contributed by atoms with Gasteiger partial charge in [-0.1, -0.05) is 6.92 Å². The lowest BCUT2D eigenvalue weighted by atomic mass is 10.1. The molecule has 2 aromatic rings. The van der Waals surface area contributed by atoms with Gasteiger partial charge in [-0.15, -0.1) is 0 Å². The molecule has 2 rings (SSSR count). The van der Waals surface area contributed by atoms with Gasteiger partial charge >= 0.3 is 0 Å². The lowest BCUT2D eigenvalue weighted by molar-refractivity contribution is 0.430. The van der Waals surface area contributed by atoms with Crippen LogP contribution in [0.15, 0.2) is 33.5 Å². The highest BCUT2D eigenvalue weighted by Gasteiger charge is 2.21. The van der Waals surface area contributed by atoms with E-state index in [9.17, 15) is 0 Å². The average molecular weight is 298 g/mol. The van der Waals surface area contributed by atoms with Crippen LogP contribution in [0.5, 0.6) is 0 Å². The van der Waals surface area contributed by atoms with Crippen molar-refractivity contribution in [3.63, 3.8) is 0 Å². The summed E-state index contributed by atoms with van der Waals surface area (Å²) < 4.78 is 8.39. The Morgan fingerprint density at radius 3 is 2.88 bits per heavy atom. The Morgan fingerprint density at radius 1 is 1.53 bits per heavy atom. The molecule has 0 spiro atoms. The van der Waals surface area contributed by atoms with Gasteiger partial charge in [-0.05, 0) is 41.0 Å². The fourth-order valence-electron chi connectivity index (χ4n) is 1.80. The van der Waals surface area contributed by atoms with E-state index in [0.717, 1.165) is 28.9 Å². The Bertz CT molecular complexity index is 437. The third-order valence-corrected chi connectivity index (χ3v) is 3.32. The van der Waals surface area contributed by atoms with Gasteiger partial charge in [0.15, 0.2) is 0 Å². The van der Waals surface area contributed by atoms with Crippen molar-refractivity contribution in [3.8, 4) is 0 Å².